The number of nitrogens with zero attached hydrogens (tertiary/aromatic N) is 1. The largest absolute Gasteiger partial charge is 0.496 e. The molecule has 26 heavy (non-hydrogen) atoms. The predicted molar refractivity (Wildman–Crippen MR) is 95.0 cm³/mol. The summed E-state index contributed by atoms with van der Waals surface area (Å²) in [5.74, 6) is -1.52. The Balaban J connectivity index is 2.06. The van der Waals surface area contributed by atoms with Crippen molar-refractivity contribution in [2.45, 2.75) is 0 Å². The van der Waals surface area contributed by atoms with Crippen LogP contribution in [0.15, 0.2) is 36.4 Å². The Morgan fingerprint density at radius 2 is 1.96 bits per heavy atom. The Morgan fingerprint density at radius 3 is 2.62 bits per heavy atom. The van der Waals surface area contributed by atoms with Crippen molar-refractivity contribution in [1.29, 1.82) is 0 Å². The van der Waals surface area contributed by atoms with Crippen LogP contribution in [0.25, 0.3) is 0 Å². The lowest BCUT2D eigenvalue weighted by Crippen LogP contribution is -2.21. The zero-order valence-corrected chi connectivity index (χ0v) is 14.8. The van der Waals surface area contributed by atoms with Crippen LogP contribution in [0.5, 0.6) is 5.75 Å². The first-order valence-electron chi connectivity index (χ1n) is 7.07. The maximum atomic E-state index is 12.1. The molecule has 0 spiro atoms. The minimum atomic E-state index is -0.946. The number of carbonyl (C=O) groups is 2. The molecule has 2 rings (SSSR count). The van der Waals surface area contributed by atoms with Gasteiger partial charge in [-0.3, -0.25) is 14.9 Å². The average molecular weight is 399 g/mol. The highest BCUT2D eigenvalue weighted by molar-refractivity contribution is 6.44. The third-order valence-corrected chi connectivity index (χ3v) is 3.99. The molecule has 2 aromatic carbocycles. The minimum absolute atomic E-state index is 0.0823. The van der Waals surface area contributed by atoms with E-state index in [1.54, 1.807) is 12.1 Å². The Hall–Kier alpha value is -2.84. The number of rotatable bonds is 6. The van der Waals surface area contributed by atoms with Crippen LogP contribution in [0, 0.1) is 10.1 Å². The second kappa shape index (κ2) is 8.50. The van der Waals surface area contributed by atoms with Gasteiger partial charge in [0.05, 0.1) is 27.8 Å². The van der Waals surface area contributed by atoms with Crippen LogP contribution < -0.4 is 10.1 Å². The van der Waals surface area contributed by atoms with Crippen molar-refractivity contribution >= 4 is 46.5 Å². The summed E-state index contributed by atoms with van der Waals surface area (Å²) >= 11 is 11.8. The number of anilines is 1. The van der Waals surface area contributed by atoms with E-state index in [1.165, 1.54) is 25.3 Å². The molecule has 0 unspecified atom stereocenters. The van der Waals surface area contributed by atoms with Gasteiger partial charge in [0.15, 0.2) is 6.61 Å². The van der Waals surface area contributed by atoms with Gasteiger partial charge in [0.1, 0.15) is 11.3 Å². The normalized spacial score (nSPS) is 10.1. The SMILES string of the molecule is COc1ccc([N+](=O)[O-])cc1C(=O)OCC(=O)Nc1cccc(Cl)c1Cl. The van der Waals surface area contributed by atoms with Crippen molar-refractivity contribution in [1.82, 2.24) is 0 Å². The average Bonchev–Trinajstić information content (AvgIpc) is 2.62. The zero-order chi connectivity index (χ0) is 19.3. The van der Waals surface area contributed by atoms with Gasteiger partial charge < -0.3 is 14.8 Å². The summed E-state index contributed by atoms with van der Waals surface area (Å²) in [4.78, 5) is 34.2. The van der Waals surface area contributed by atoms with Gasteiger partial charge in [-0.2, -0.15) is 0 Å². The quantitative estimate of drug-likeness (QED) is 0.451. The van der Waals surface area contributed by atoms with E-state index in [2.05, 4.69) is 5.32 Å². The minimum Gasteiger partial charge on any atom is -0.496 e. The number of nitrogens with one attached hydrogen (secondary N) is 1. The van der Waals surface area contributed by atoms with E-state index in [0.717, 1.165) is 6.07 Å². The number of amides is 1. The second-order valence-electron chi connectivity index (χ2n) is 4.87. The molecule has 0 radical (unpaired) electrons. The highest BCUT2D eigenvalue weighted by Crippen LogP contribution is 2.29. The summed E-state index contributed by atoms with van der Waals surface area (Å²) < 4.78 is 9.86. The molecule has 0 aromatic heterocycles. The van der Waals surface area contributed by atoms with Gasteiger partial charge in [-0.25, -0.2) is 4.79 Å². The standard InChI is InChI=1S/C16H12Cl2N2O6/c1-25-13-6-5-9(20(23)24)7-10(13)16(22)26-8-14(21)19-12-4-2-3-11(17)15(12)18/h2-7H,8H2,1H3,(H,19,21). The number of nitro benzene ring substituents is 1. The van der Waals surface area contributed by atoms with E-state index in [0.29, 0.717) is 0 Å². The Morgan fingerprint density at radius 1 is 1.23 bits per heavy atom. The van der Waals surface area contributed by atoms with E-state index >= 15 is 0 Å². The van der Waals surface area contributed by atoms with Gasteiger partial charge in [-0.15, -0.1) is 0 Å². The number of esters is 1. The van der Waals surface area contributed by atoms with Crippen molar-refractivity contribution in [2.24, 2.45) is 0 Å². The van der Waals surface area contributed by atoms with Gasteiger partial charge >= 0.3 is 5.97 Å². The van der Waals surface area contributed by atoms with E-state index in [-0.39, 0.29) is 32.7 Å². The predicted octanol–water partition coefficient (Wildman–Crippen LogP) is 3.71. The molecule has 0 aliphatic carbocycles. The first-order valence-corrected chi connectivity index (χ1v) is 7.82. The van der Waals surface area contributed by atoms with E-state index < -0.39 is 23.4 Å². The molecule has 0 aliphatic rings. The van der Waals surface area contributed by atoms with E-state index in [1.807, 2.05) is 0 Å². The number of hydrogen-bond acceptors (Lipinski definition) is 6. The molecule has 0 saturated carbocycles. The molecule has 0 heterocycles. The molecule has 2 aromatic rings. The zero-order valence-electron chi connectivity index (χ0n) is 13.3. The van der Waals surface area contributed by atoms with E-state index in [9.17, 15) is 19.7 Å². The Bertz CT molecular complexity index is 872. The van der Waals surface area contributed by atoms with Crippen LogP contribution in [-0.4, -0.2) is 30.5 Å². The molecule has 0 bridgehead atoms. The second-order valence-corrected chi connectivity index (χ2v) is 5.65. The summed E-state index contributed by atoms with van der Waals surface area (Å²) in [5.41, 5.74) is -0.226. The van der Waals surface area contributed by atoms with Gasteiger partial charge in [-0.05, 0) is 18.2 Å². The number of carbonyl (C=O) groups excluding carboxylic acids is 2. The van der Waals surface area contributed by atoms with Gasteiger partial charge in [0.25, 0.3) is 11.6 Å². The number of halogens is 2. The van der Waals surface area contributed by atoms with Crippen LogP contribution in [0.3, 0.4) is 0 Å². The molecule has 0 saturated heterocycles. The number of non-ortho nitro benzene ring substituents is 1. The molecule has 0 fully saturated rings. The van der Waals surface area contributed by atoms with Crippen LogP contribution >= 0.6 is 23.2 Å². The third-order valence-electron chi connectivity index (χ3n) is 3.17. The van der Waals surface area contributed by atoms with Crippen molar-refractivity contribution in [2.75, 3.05) is 19.0 Å². The lowest BCUT2D eigenvalue weighted by Gasteiger charge is -2.10. The summed E-state index contributed by atoms with van der Waals surface area (Å²) in [6, 6.07) is 8.12. The van der Waals surface area contributed by atoms with Crippen molar-refractivity contribution in [3.63, 3.8) is 0 Å². The maximum Gasteiger partial charge on any atom is 0.342 e. The third kappa shape index (κ3) is 4.62. The molecule has 8 nitrogen and oxygen atoms in total. The number of methoxy groups -OCH3 is 1. The van der Waals surface area contributed by atoms with Crippen LogP contribution in [-0.2, 0) is 9.53 Å². The molecule has 136 valence electrons. The van der Waals surface area contributed by atoms with E-state index in [4.69, 9.17) is 32.7 Å². The first kappa shape index (κ1) is 19.5. The van der Waals surface area contributed by atoms with Gasteiger partial charge in [-0.1, -0.05) is 29.3 Å². The van der Waals surface area contributed by atoms with Crippen molar-refractivity contribution in [3.05, 3.63) is 62.1 Å². The Kier molecular flexibility index (Phi) is 6.37. The monoisotopic (exact) mass is 398 g/mol. The molecular weight excluding hydrogens is 387 g/mol. The number of benzene rings is 2. The highest BCUT2D eigenvalue weighted by atomic mass is 35.5. The van der Waals surface area contributed by atoms with Crippen LogP contribution in [0.4, 0.5) is 11.4 Å². The summed E-state index contributed by atoms with van der Waals surface area (Å²) in [5, 5.41) is 13.7. The van der Waals surface area contributed by atoms with Crippen LogP contribution in [0.2, 0.25) is 10.0 Å². The lowest BCUT2D eigenvalue weighted by atomic mass is 10.2. The molecular formula is C16H12Cl2N2O6. The smallest absolute Gasteiger partial charge is 0.342 e. The van der Waals surface area contributed by atoms with Gasteiger partial charge in [0, 0.05) is 12.1 Å². The number of ether oxygens (including phenoxy) is 2. The number of nitro groups is 1. The fourth-order valence-electron chi connectivity index (χ4n) is 1.96. The Labute approximate surface area is 157 Å². The summed E-state index contributed by atoms with van der Waals surface area (Å²) in [6.07, 6.45) is 0. The van der Waals surface area contributed by atoms with Crippen molar-refractivity contribution < 1.29 is 24.0 Å². The molecule has 0 atom stereocenters. The fourth-order valence-corrected chi connectivity index (χ4v) is 2.31. The summed E-state index contributed by atoms with van der Waals surface area (Å²) in [7, 11) is 1.30. The van der Waals surface area contributed by atoms with Gasteiger partial charge in [0.2, 0.25) is 0 Å². The van der Waals surface area contributed by atoms with Crippen LogP contribution in [0.1, 0.15) is 10.4 Å². The van der Waals surface area contributed by atoms with Crippen molar-refractivity contribution in [3.8, 4) is 5.75 Å². The molecule has 10 heteroatoms. The topological polar surface area (TPSA) is 108 Å². The molecule has 0 aliphatic heterocycles. The highest BCUT2D eigenvalue weighted by Gasteiger charge is 2.20. The maximum absolute atomic E-state index is 12.1. The number of hydrogen-bond donors (Lipinski definition) is 1. The molecule has 1 N–H and O–H groups in total. The fraction of sp³-hybridized carbons (Fsp3) is 0.125. The molecule has 1 amide bonds. The summed E-state index contributed by atoms with van der Waals surface area (Å²) in [6.45, 7) is -0.631. The first-order chi connectivity index (χ1) is 12.3. The lowest BCUT2D eigenvalue weighted by molar-refractivity contribution is -0.384.